The summed E-state index contributed by atoms with van der Waals surface area (Å²) in [5.41, 5.74) is -1.92. The zero-order chi connectivity index (χ0) is 14.5. The van der Waals surface area contributed by atoms with Gasteiger partial charge >= 0.3 is 11.9 Å². The molecule has 1 aromatic heterocycles. The van der Waals surface area contributed by atoms with Crippen LogP contribution in [-0.4, -0.2) is 29.7 Å². The lowest BCUT2D eigenvalue weighted by atomic mass is 10.2. The van der Waals surface area contributed by atoms with Gasteiger partial charge in [-0.25, -0.2) is 4.98 Å². The Hall–Kier alpha value is -1.90. The number of rotatable bonds is 6. The first-order valence-electron chi connectivity index (χ1n) is 5.39. The van der Waals surface area contributed by atoms with Crippen LogP contribution >= 0.6 is 0 Å². The fourth-order valence-corrected chi connectivity index (χ4v) is 1.29. The van der Waals surface area contributed by atoms with E-state index in [4.69, 9.17) is 4.74 Å². The van der Waals surface area contributed by atoms with Crippen LogP contribution < -0.4 is 5.32 Å². The molecule has 0 aliphatic heterocycles. The number of halogens is 3. The molecule has 1 aromatic rings. The van der Waals surface area contributed by atoms with E-state index in [-0.39, 0.29) is 18.8 Å². The van der Waals surface area contributed by atoms with E-state index in [1.807, 2.05) is 0 Å². The maximum atomic E-state index is 12.5. The monoisotopic (exact) mass is 279 g/mol. The summed E-state index contributed by atoms with van der Waals surface area (Å²) in [4.78, 5) is 12.9. The zero-order valence-corrected chi connectivity index (χ0v) is 10.0. The molecule has 9 heteroatoms. The van der Waals surface area contributed by atoms with Crippen LogP contribution in [0.5, 0.6) is 0 Å². The molecular formula is C10H12F3N3O3. The second kappa shape index (κ2) is 6.32. The average molecular weight is 279 g/mol. The minimum Gasteiger partial charge on any atom is -0.380 e. The molecule has 1 rings (SSSR count). The van der Waals surface area contributed by atoms with Crippen molar-refractivity contribution in [2.24, 2.45) is 0 Å². The van der Waals surface area contributed by atoms with Gasteiger partial charge in [0.2, 0.25) is 0 Å². The summed E-state index contributed by atoms with van der Waals surface area (Å²) in [5.74, 6) is 0. The van der Waals surface area contributed by atoms with Crippen molar-refractivity contribution < 1.29 is 22.8 Å². The second-order valence-electron chi connectivity index (χ2n) is 3.47. The first kappa shape index (κ1) is 15.2. The maximum Gasteiger partial charge on any atom is 0.433 e. The fourth-order valence-electron chi connectivity index (χ4n) is 1.29. The quantitative estimate of drug-likeness (QED) is 0.491. The predicted molar refractivity (Wildman–Crippen MR) is 60.9 cm³/mol. The van der Waals surface area contributed by atoms with Gasteiger partial charge in [-0.15, -0.1) is 0 Å². The molecule has 0 unspecified atom stereocenters. The number of alkyl halides is 3. The molecule has 19 heavy (non-hydrogen) atoms. The van der Waals surface area contributed by atoms with Crippen molar-refractivity contribution in [1.29, 1.82) is 0 Å². The van der Waals surface area contributed by atoms with Crippen LogP contribution in [0.25, 0.3) is 0 Å². The van der Waals surface area contributed by atoms with Crippen molar-refractivity contribution in [2.45, 2.75) is 13.1 Å². The van der Waals surface area contributed by atoms with Gasteiger partial charge in [-0.1, -0.05) is 0 Å². The number of hydrogen-bond acceptors (Lipinski definition) is 5. The molecule has 0 amide bonds. The summed E-state index contributed by atoms with van der Waals surface area (Å²) in [6.45, 7) is 2.61. The lowest BCUT2D eigenvalue weighted by Gasteiger charge is -2.10. The van der Waals surface area contributed by atoms with E-state index in [0.717, 1.165) is 0 Å². The molecule has 6 nitrogen and oxygen atoms in total. The topological polar surface area (TPSA) is 77.3 Å². The second-order valence-corrected chi connectivity index (χ2v) is 3.47. The van der Waals surface area contributed by atoms with Crippen molar-refractivity contribution in [1.82, 2.24) is 4.98 Å². The van der Waals surface area contributed by atoms with Crippen molar-refractivity contribution in [3.8, 4) is 0 Å². The van der Waals surface area contributed by atoms with Gasteiger partial charge in [0.1, 0.15) is 17.6 Å². The van der Waals surface area contributed by atoms with Crippen LogP contribution in [0.4, 0.5) is 24.5 Å². The van der Waals surface area contributed by atoms with E-state index in [0.29, 0.717) is 18.9 Å². The van der Waals surface area contributed by atoms with E-state index in [2.05, 4.69) is 10.3 Å². The lowest BCUT2D eigenvalue weighted by Crippen LogP contribution is -2.13. The van der Waals surface area contributed by atoms with E-state index < -0.39 is 22.5 Å². The van der Waals surface area contributed by atoms with Crippen LogP contribution in [0.3, 0.4) is 0 Å². The number of nitrogens with one attached hydrogen (secondary N) is 1. The Balaban J connectivity index is 2.93. The number of aromatic nitrogens is 1. The highest BCUT2D eigenvalue weighted by atomic mass is 19.4. The average Bonchev–Trinajstić information content (AvgIpc) is 2.33. The molecule has 0 spiro atoms. The molecule has 0 aliphatic rings. The third-order valence-electron chi connectivity index (χ3n) is 2.14. The van der Waals surface area contributed by atoms with E-state index in [9.17, 15) is 23.3 Å². The Labute approximate surface area is 106 Å². The van der Waals surface area contributed by atoms with E-state index in [1.165, 1.54) is 0 Å². The molecule has 106 valence electrons. The number of anilines is 1. The molecule has 0 bridgehead atoms. The molecule has 0 saturated heterocycles. The van der Waals surface area contributed by atoms with Crippen LogP contribution in [0.15, 0.2) is 12.3 Å². The number of ether oxygens (including phenoxy) is 1. The number of nitro groups is 1. The molecule has 0 aliphatic carbocycles. The highest BCUT2D eigenvalue weighted by molar-refractivity contribution is 5.61. The van der Waals surface area contributed by atoms with Crippen molar-refractivity contribution in [3.63, 3.8) is 0 Å². The summed E-state index contributed by atoms with van der Waals surface area (Å²) in [6, 6.07) is 0.615. The van der Waals surface area contributed by atoms with Crippen molar-refractivity contribution in [3.05, 3.63) is 28.1 Å². The van der Waals surface area contributed by atoms with Gasteiger partial charge in [0.25, 0.3) is 0 Å². The Morgan fingerprint density at radius 3 is 2.74 bits per heavy atom. The van der Waals surface area contributed by atoms with Crippen molar-refractivity contribution >= 4 is 11.4 Å². The standard InChI is InChI=1S/C10H12F3N3O3/c1-2-19-4-3-14-7-5-9(10(11,12)13)15-6-8(7)16(17)18/h5-6H,2-4H2,1H3,(H,14,15). The van der Waals surface area contributed by atoms with Crippen LogP contribution in [0.1, 0.15) is 12.6 Å². The SMILES string of the molecule is CCOCCNc1cc(C(F)(F)F)ncc1[N+](=O)[O-]. The van der Waals surface area contributed by atoms with Gasteiger partial charge in [-0.3, -0.25) is 10.1 Å². The van der Waals surface area contributed by atoms with Gasteiger partial charge in [0, 0.05) is 13.2 Å². The van der Waals surface area contributed by atoms with E-state index >= 15 is 0 Å². The Kier molecular flexibility index (Phi) is 5.04. The molecule has 0 fully saturated rings. The summed E-state index contributed by atoms with van der Waals surface area (Å²) in [6.07, 6.45) is -4.06. The largest absolute Gasteiger partial charge is 0.433 e. The lowest BCUT2D eigenvalue weighted by molar-refractivity contribution is -0.384. The predicted octanol–water partition coefficient (Wildman–Crippen LogP) is 2.46. The van der Waals surface area contributed by atoms with Crippen LogP contribution in [0.2, 0.25) is 0 Å². The maximum absolute atomic E-state index is 12.5. The first-order chi connectivity index (χ1) is 8.86. The van der Waals surface area contributed by atoms with Gasteiger partial charge in [-0.05, 0) is 13.0 Å². The molecule has 1 N–H and O–H groups in total. The normalized spacial score (nSPS) is 11.4. The molecule has 0 aromatic carbocycles. The smallest absolute Gasteiger partial charge is 0.380 e. The Morgan fingerprint density at radius 2 is 2.21 bits per heavy atom. The highest BCUT2D eigenvalue weighted by Crippen LogP contribution is 2.32. The van der Waals surface area contributed by atoms with Crippen LogP contribution in [0, 0.1) is 10.1 Å². The summed E-state index contributed by atoms with van der Waals surface area (Å²) in [7, 11) is 0. The van der Waals surface area contributed by atoms with Gasteiger partial charge < -0.3 is 10.1 Å². The van der Waals surface area contributed by atoms with Gasteiger partial charge in [0.05, 0.1) is 11.5 Å². The van der Waals surface area contributed by atoms with Crippen LogP contribution in [-0.2, 0) is 10.9 Å². The third-order valence-corrected chi connectivity index (χ3v) is 2.14. The fraction of sp³-hybridized carbons (Fsp3) is 0.500. The Morgan fingerprint density at radius 1 is 1.53 bits per heavy atom. The minimum atomic E-state index is -4.65. The summed E-state index contributed by atoms with van der Waals surface area (Å²) in [5, 5.41) is 13.2. The molecular weight excluding hydrogens is 267 g/mol. The number of nitrogens with zero attached hydrogens (tertiary/aromatic N) is 2. The molecule has 0 saturated carbocycles. The number of pyridine rings is 1. The zero-order valence-electron chi connectivity index (χ0n) is 10.0. The van der Waals surface area contributed by atoms with Gasteiger partial charge in [-0.2, -0.15) is 13.2 Å². The molecule has 0 radical (unpaired) electrons. The molecule has 1 heterocycles. The Bertz CT molecular complexity index is 451. The molecule has 0 atom stereocenters. The van der Waals surface area contributed by atoms with Crippen molar-refractivity contribution in [2.75, 3.05) is 25.1 Å². The highest BCUT2D eigenvalue weighted by Gasteiger charge is 2.34. The summed E-state index contributed by atoms with van der Waals surface area (Å²) < 4.78 is 42.4. The summed E-state index contributed by atoms with van der Waals surface area (Å²) >= 11 is 0. The minimum absolute atomic E-state index is 0.163. The number of hydrogen-bond donors (Lipinski definition) is 1. The van der Waals surface area contributed by atoms with Gasteiger partial charge in [0.15, 0.2) is 0 Å². The van der Waals surface area contributed by atoms with E-state index in [1.54, 1.807) is 6.92 Å². The third kappa shape index (κ3) is 4.36. The first-order valence-corrected chi connectivity index (χ1v) is 5.39.